The van der Waals surface area contributed by atoms with Crippen molar-refractivity contribution in [2.24, 2.45) is 4.90 Å². The first-order valence-corrected chi connectivity index (χ1v) is 7.30. The summed E-state index contributed by atoms with van der Waals surface area (Å²) in [5, 5.41) is 36.6. The van der Waals surface area contributed by atoms with Gasteiger partial charge in [0.2, 0.25) is 0 Å². The maximum atomic E-state index is 9.35. The second kappa shape index (κ2) is 9.52. The molecule has 0 saturated carbocycles. The predicted octanol–water partition coefficient (Wildman–Crippen LogP) is -0.858. The Morgan fingerprint density at radius 2 is 1.68 bits per heavy atom. The highest BCUT2D eigenvalue weighted by atomic mass is 16.2. The molecule has 7 nitrogen and oxygen atoms in total. The largest absolute Gasteiger partial charge is 0.437 e. The molecule has 0 amide bonds. The Kier molecular flexibility index (Phi) is 8.04. The molecule has 6 N–H and O–H groups in total. The second-order valence-corrected chi connectivity index (χ2v) is 5.16. The second-order valence-electron chi connectivity index (χ2n) is 5.16. The van der Waals surface area contributed by atoms with Crippen LogP contribution in [0.1, 0.15) is 11.1 Å². The molecule has 0 heterocycles. The molecule has 118 valence electrons. The van der Waals surface area contributed by atoms with Gasteiger partial charge < -0.3 is 30.8 Å². The number of nitrogens with zero attached hydrogens (tertiary/aromatic N) is 1. The smallest absolute Gasteiger partial charge is 0.431 e. The van der Waals surface area contributed by atoms with E-state index in [1.165, 1.54) is 6.82 Å². The summed E-state index contributed by atoms with van der Waals surface area (Å²) in [7, 11) is -2.19. The summed E-state index contributed by atoms with van der Waals surface area (Å²) in [4.78, 5) is 3.96. The minimum atomic E-state index is -0.865. The molecule has 0 aromatic heterocycles. The summed E-state index contributed by atoms with van der Waals surface area (Å²) in [6.45, 7) is 5.85. The average Bonchev–Trinajstić information content (AvgIpc) is 2.42. The fourth-order valence-corrected chi connectivity index (χ4v) is 1.82. The molecular formula is C12H23B3N4O3. The van der Waals surface area contributed by atoms with Crippen molar-refractivity contribution in [1.29, 1.82) is 0 Å². The first-order valence-electron chi connectivity index (χ1n) is 7.30. The Bertz CT molecular complexity index is 486. The summed E-state index contributed by atoms with van der Waals surface area (Å²) >= 11 is 0. The van der Waals surface area contributed by atoms with E-state index in [-0.39, 0.29) is 0 Å². The predicted molar refractivity (Wildman–Crippen MR) is 92.2 cm³/mol. The first kappa shape index (κ1) is 18.6. The van der Waals surface area contributed by atoms with Gasteiger partial charge in [-0.2, -0.15) is 0 Å². The Morgan fingerprint density at radius 1 is 1.05 bits per heavy atom. The molecule has 0 saturated heterocycles. The topological polar surface area (TPSA) is 109 Å². The van der Waals surface area contributed by atoms with Crippen molar-refractivity contribution in [2.45, 2.75) is 33.6 Å². The van der Waals surface area contributed by atoms with E-state index in [9.17, 15) is 15.1 Å². The van der Waals surface area contributed by atoms with Gasteiger partial charge in [-0.25, -0.2) is 0 Å². The molecule has 22 heavy (non-hydrogen) atoms. The number of benzene rings is 1. The van der Waals surface area contributed by atoms with Gasteiger partial charge in [0.25, 0.3) is 0 Å². The van der Waals surface area contributed by atoms with Crippen LogP contribution in [0.2, 0.25) is 20.5 Å². The highest BCUT2D eigenvalue weighted by molar-refractivity contribution is 6.52. The fraction of sp³-hybridized carbons (Fsp3) is 0.417. The standard InChI is InChI=1S/C12H23B3N4O3/c1-13(20)17-9-11-6-4-5-10(7-11)8-16-12(18-14(2)21)19-15(3)22/h4-7,17,20-22H,8-9H2,1-3H3,(H2,16,18,19). The summed E-state index contributed by atoms with van der Waals surface area (Å²) in [6, 6.07) is 7.87. The summed E-state index contributed by atoms with van der Waals surface area (Å²) in [6.07, 6.45) is 0. The summed E-state index contributed by atoms with van der Waals surface area (Å²) in [5.74, 6) is 0.331. The first-order chi connectivity index (χ1) is 10.4. The summed E-state index contributed by atoms with van der Waals surface area (Å²) in [5.41, 5.74) is 2.08. The van der Waals surface area contributed by atoms with Gasteiger partial charge in [-0.1, -0.05) is 24.3 Å². The molecule has 1 aromatic carbocycles. The van der Waals surface area contributed by atoms with Gasteiger partial charge in [-0.15, -0.1) is 0 Å². The molecule has 0 radical (unpaired) electrons. The molecule has 1 aromatic rings. The van der Waals surface area contributed by atoms with Crippen LogP contribution in [0.4, 0.5) is 0 Å². The maximum Gasteiger partial charge on any atom is 0.431 e. The minimum absolute atomic E-state index is 0.331. The van der Waals surface area contributed by atoms with E-state index in [4.69, 9.17) is 0 Å². The Hall–Kier alpha value is -1.48. The Morgan fingerprint density at radius 3 is 2.23 bits per heavy atom. The third-order valence-corrected chi connectivity index (χ3v) is 2.71. The zero-order chi connectivity index (χ0) is 16.5. The molecular weight excluding hydrogens is 281 g/mol. The van der Waals surface area contributed by atoms with Crippen molar-refractivity contribution < 1.29 is 15.1 Å². The summed E-state index contributed by atoms with van der Waals surface area (Å²) < 4.78 is 0. The van der Waals surface area contributed by atoms with E-state index in [1.807, 2.05) is 24.3 Å². The molecule has 0 aliphatic carbocycles. The SMILES string of the molecule is CB(O)N=C(NCc1cccc(CNB(C)O)c1)NB(C)O. The lowest BCUT2D eigenvalue weighted by Crippen LogP contribution is -2.45. The zero-order valence-electron chi connectivity index (χ0n) is 13.2. The molecule has 0 aliphatic rings. The zero-order valence-corrected chi connectivity index (χ0v) is 13.2. The normalized spacial score (nSPS) is 11.1. The monoisotopic (exact) mass is 304 g/mol. The molecule has 0 spiro atoms. The fourth-order valence-electron chi connectivity index (χ4n) is 1.82. The van der Waals surface area contributed by atoms with E-state index in [0.717, 1.165) is 11.1 Å². The lowest BCUT2D eigenvalue weighted by molar-refractivity contribution is 0.554. The number of rotatable bonds is 7. The van der Waals surface area contributed by atoms with Gasteiger partial charge in [-0.05, 0) is 31.6 Å². The van der Waals surface area contributed by atoms with Crippen LogP contribution >= 0.6 is 0 Å². The molecule has 0 aliphatic heterocycles. The van der Waals surface area contributed by atoms with Crippen molar-refractivity contribution in [3.05, 3.63) is 35.4 Å². The quantitative estimate of drug-likeness (QED) is 0.222. The lowest BCUT2D eigenvalue weighted by Gasteiger charge is -2.14. The molecule has 0 unspecified atom stereocenters. The van der Waals surface area contributed by atoms with Crippen LogP contribution in [0.15, 0.2) is 29.2 Å². The van der Waals surface area contributed by atoms with Crippen LogP contribution in [0.25, 0.3) is 0 Å². The van der Waals surface area contributed by atoms with E-state index < -0.39 is 21.2 Å². The van der Waals surface area contributed by atoms with Crippen molar-refractivity contribution in [3.63, 3.8) is 0 Å². The third-order valence-electron chi connectivity index (χ3n) is 2.71. The van der Waals surface area contributed by atoms with Gasteiger partial charge in [0, 0.05) is 13.1 Å². The van der Waals surface area contributed by atoms with Crippen molar-refractivity contribution in [2.75, 3.05) is 0 Å². The van der Waals surface area contributed by atoms with Crippen LogP contribution in [0, 0.1) is 0 Å². The minimum Gasteiger partial charge on any atom is -0.437 e. The van der Waals surface area contributed by atoms with E-state index in [0.29, 0.717) is 19.0 Å². The lowest BCUT2D eigenvalue weighted by atomic mass is 9.88. The van der Waals surface area contributed by atoms with Crippen LogP contribution < -0.4 is 15.8 Å². The van der Waals surface area contributed by atoms with Crippen LogP contribution in [-0.2, 0) is 13.1 Å². The van der Waals surface area contributed by atoms with Crippen LogP contribution in [0.3, 0.4) is 0 Å². The van der Waals surface area contributed by atoms with Gasteiger partial charge in [0.15, 0.2) is 5.96 Å². The number of nitrogens with one attached hydrogen (secondary N) is 3. The van der Waals surface area contributed by atoms with Gasteiger partial charge >= 0.3 is 21.2 Å². The van der Waals surface area contributed by atoms with Crippen LogP contribution in [-0.4, -0.2) is 42.2 Å². The average molecular weight is 304 g/mol. The van der Waals surface area contributed by atoms with E-state index in [2.05, 4.69) is 20.7 Å². The highest BCUT2D eigenvalue weighted by Gasteiger charge is 2.09. The van der Waals surface area contributed by atoms with Gasteiger partial charge in [0.05, 0.1) is 0 Å². The molecule has 0 bridgehead atoms. The number of guanidine groups is 1. The Labute approximate surface area is 132 Å². The maximum absolute atomic E-state index is 9.35. The molecule has 1 rings (SSSR count). The van der Waals surface area contributed by atoms with Crippen molar-refractivity contribution in [3.8, 4) is 0 Å². The molecule has 0 atom stereocenters. The molecule has 10 heteroatoms. The van der Waals surface area contributed by atoms with Crippen molar-refractivity contribution >= 4 is 27.1 Å². The highest BCUT2D eigenvalue weighted by Crippen LogP contribution is 2.05. The van der Waals surface area contributed by atoms with Gasteiger partial charge in [-0.3, -0.25) is 4.90 Å². The number of hydrogen-bond acceptors (Lipinski definition) is 5. The van der Waals surface area contributed by atoms with E-state index >= 15 is 0 Å². The number of hydrogen-bond donors (Lipinski definition) is 6. The van der Waals surface area contributed by atoms with E-state index in [1.54, 1.807) is 13.6 Å². The van der Waals surface area contributed by atoms with Crippen molar-refractivity contribution in [1.82, 2.24) is 15.8 Å². The van der Waals surface area contributed by atoms with Crippen LogP contribution in [0.5, 0.6) is 0 Å². The third kappa shape index (κ3) is 8.09. The Balaban J connectivity index is 2.63. The molecule has 0 fully saturated rings. The van der Waals surface area contributed by atoms with Gasteiger partial charge in [0.1, 0.15) is 0 Å².